The molecule has 0 bridgehead atoms. The predicted molar refractivity (Wildman–Crippen MR) is 80.9 cm³/mol. The Morgan fingerprint density at radius 2 is 2.36 bits per heavy atom. The molecule has 7 nitrogen and oxygen atoms in total. The summed E-state index contributed by atoms with van der Waals surface area (Å²) in [6.07, 6.45) is 2.00. The van der Waals surface area contributed by atoms with Gasteiger partial charge in [0.25, 0.3) is 0 Å². The van der Waals surface area contributed by atoms with E-state index in [1.807, 2.05) is 6.07 Å². The second-order valence-corrected chi connectivity index (χ2v) is 5.13. The fraction of sp³-hybridized carbons (Fsp3) is 0.267. The Morgan fingerprint density at radius 3 is 3.14 bits per heavy atom. The molecule has 1 aliphatic heterocycles. The molecule has 0 aliphatic carbocycles. The highest BCUT2D eigenvalue weighted by atomic mass is 16.2. The molecule has 1 aromatic heterocycles. The quantitative estimate of drug-likeness (QED) is 0.493. The standard InChI is InChI=1S/C15H12N6O/c16-7-12-11-2-1-5-18-13(11)3-4-14(12)21-9-10(6-15(21)22)8-19-20-17/h1-5,10H,6,8-9H2. The van der Waals surface area contributed by atoms with Crippen molar-refractivity contribution >= 4 is 22.5 Å². The number of pyridine rings is 1. The number of amides is 1. The smallest absolute Gasteiger partial charge is 0.227 e. The normalized spacial score (nSPS) is 17.3. The molecular formula is C15H12N6O. The van der Waals surface area contributed by atoms with Gasteiger partial charge in [0.2, 0.25) is 5.91 Å². The molecule has 2 aromatic rings. The number of carbonyl (C=O) groups excluding carboxylic acids is 1. The zero-order valence-corrected chi connectivity index (χ0v) is 11.7. The zero-order chi connectivity index (χ0) is 15.5. The molecule has 0 radical (unpaired) electrons. The maximum Gasteiger partial charge on any atom is 0.227 e. The Bertz CT molecular complexity index is 834. The lowest BCUT2D eigenvalue weighted by atomic mass is 10.1. The molecule has 1 saturated heterocycles. The number of fused-ring (bicyclic) bond motifs is 1. The number of azide groups is 1. The molecular weight excluding hydrogens is 280 g/mol. The number of hydrogen-bond acceptors (Lipinski definition) is 4. The highest BCUT2D eigenvalue weighted by Gasteiger charge is 2.31. The summed E-state index contributed by atoms with van der Waals surface area (Å²) in [6, 6.07) is 9.32. The molecule has 1 unspecified atom stereocenters. The monoisotopic (exact) mass is 292 g/mol. The third-order valence-electron chi connectivity index (χ3n) is 3.77. The summed E-state index contributed by atoms with van der Waals surface area (Å²) in [4.78, 5) is 20.8. The summed E-state index contributed by atoms with van der Waals surface area (Å²) in [7, 11) is 0. The highest BCUT2D eigenvalue weighted by Crippen LogP contribution is 2.32. The van der Waals surface area contributed by atoms with Crippen molar-refractivity contribution in [1.29, 1.82) is 5.26 Å². The minimum absolute atomic E-state index is 0.0143. The van der Waals surface area contributed by atoms with Crippen molar-refractivity contribution in [3.05, 3.63) is 46.5 Å². The van der Waals surface area contributed by atoms with Crippen LogP contribution in [0, 0.1) is 17.2 Å². The summed E-state index contributed by atoms with van der Waals surface area (Å²) in [5.41, 5.74) is 10.1. The first kappa shape index (κ1) is 13.9. The molecule has 0 N–H and O–H groups in total. The van der Waals surface area contributed by atoms with E-state index < -0.39 is 0 Å². The van der Waals surface area contributed by atoms with E-state index in [0.717, 1.165) is 10.9 Å². The Morgan fingerprint density at radius 1 is 1.50 bits per heavy atom. The number of anilines is 1. The minimum Gasteiger partial charge on any atom is -0.311 e. The van der Waals surface area contributed by atoms with Crippen LogP contribution in [0.1, 0.15) is 12.0 Å². The van der Waals surface area contributed by atoms with Crippen LogP contribution < -0.4 is 4.90 Å². The van der Waals surface area contributed by atoms with Gasteiger partial charge >= 0.3 is 0 Å². The summed E-state index contributed by atoms with van der Waals surface area (Å²) >= 11 is 0. The van der Waals surface area contributed by atoms with Crippen LogP contribution in [-0.2, 0) is 4.79 Å². The first-order valence-corrected chi connectivity index (χ1v) is 6.83. The van der Waals surface area contributed by atoms with Gasteiger partial charge in [0.05, 0.1) is 16.8 Å². The second kappa shape index (κ2) is 5.72. The van der Waals surface area contributed by atoms with E-state index >= 15 is 0 Å². The van der Waals surface area contributed by atoms with Gasteiger partial charge < -0.3 is 4.90 Å². The van der Waals surface area contributed by atoms with E-state index in [4.69, 9.17) is 5.53 Å². The third kappa shape index (κ3) is 2.32. The molecule has 7 heteroatoms. The predicted octanol–water partition coefficient (Wildman–Crippen LogP) is 2.77. The van der Waals surface area contributed by atoms with Gasteiger partial charge in [-0.2, -0.15) is 5.26 Å². The van der Waals surface area contributed by atoms with Gasteiger partial charge in [-0.05, 0) is 35.7 Å². The lowest BCUT2D eigenvalue weighted by Crippen LogP contribution is -2.25. The number of rotatable bonds is 3. The molecule has 0 spiro atoms. The largest absolute Gasteiger partial charge is 0.311 e. The number of nitriles is 1. The fourth-order valence-corrected chi connectivity index (χ4v) is 2.77. The number of aromatic nitrogens is 1. The van der Waals surface area contributed by atoms with E-state index in [9.17, 15) is 10.1 Å². The molecule has 1 aliphatic rings. The van der Waals surface area contributed by atoms with Crippen molar-refractivity contribution in [1.82, 2.24) is 4.98 Å². The van der Waals surface area contributed by atoms with Gasteiger partial charge in [0, 0.05) is 36.0 Å². The van der Waals surface area contributed by atoms with Gasteiger partial charge in [-0.15, -0.1) is 0 Å². The molecule has 1 fully saturated rings. The minimum atomic E-state index is -0.0575. The van der Waals surface area contributed by atoms with Crippen LogP contribution >= 0.6 is 0 Å². The average molecular weight is 292 g/mol. The molecule has 22 heavy (non-hydrogen) atoms. The van der Waals surface area contributed by atoms with E-state index in [-0.39, 0.29) is 18.4 Å². The van der Waals surface area contributed by atoms with Crippen LogP contribution in [0.5, 0.6) is 0 Å². The van der Waals surface area contributed by atoms with Crippen LogP contribution in [-0.4, -0.2) is 24.0 Å². The first-order valence-electron chi connectivity index (χ1n) is 6.83. The number of benzene rings is 1. The van der Waals surface area contributed by atoms with Crippen molar-refractivity contribution < 1.29 is 4.79 Å². The Labute approximate surface area is 126 Å². The van der Waals surface area contributed by atoms with Crippen LogP contribution in [0.3, 0.4) is 0 Å². The second-order valence-electron chi connectivity index (χ2n) is 5.13. The first-order chi connectivity index (χ1) is 10.7. The van der Waals surface area contributed by atoms with Crippen LogP contribution in [0.2, 0.25) is 0 Å². The highest BCUT2D eigenvalue weighted by molar-refractivity contribution is 6.01. The Balaban J connectivity index is 2.02. The van der Waals surface area contributed by atoms with Gasteiger partial charge in [0.1, 0.15) is 6.07 Å². The Kier molecular flexibility index (Phi) is 3.60. The average Bonchev–Trinajstić information content (AvgIpc) is 2.92. The Hall–Kier alpha value is -3.10. The van der Waals surface area contributed by atoms with E-state index in [0.29, 0.717) is 24.2 Å². The zero-order valence-electron chi connectivity index (χ0n) is 11.7. The van der Waals surface area contributed by atoms with Gasteiger partial charge in [-0.3, -0.25) is 9.78 Å². The molecule has 1 aromatic carbocycles. The maximum atomic E-state index is 12.2. The molecule has 0 saturated carbocycles. The van der Waals surface area contributed by atoms with Crippen molar-refractivity contribution in [3.8, 4) is 6.07 Å². The van der Waals surface area contributed by atoms with Gasteiger partial charge in [-0.1, -0.05) is 5.11 Å². The van der Waals surface area contributed by atoms with Gasteiger partial charge in [-0.25, -0.2) is 0 Å². The number of carbonyl (C=O) groups is 1. The van der Waals surface area contributed by atoms with E-state index in [2.05, 4.69) is 21.1 Å². The lowest BCUT2D eigenvalue weighted by Gasteiger charge is -2.18. The lowest BCUT2D eigenvalue weighted by molar-refractivity contribution is -0.117. The number of hydrogen-bond donors (Lipinski definition) is 0. The fourth-order valence-electron chi connectivity index (χ4n) is 2.77. The molecule has 1 amide bonds. The van der Waals surface area contributed by atoms with Crippen LogP contribution in [0.15, 0.2) is 35.6 Å². The topological polar surface area (TPSA) is 106 Å². The van der Waals surface area contributed by atoms with E-state index in [1.54, 1.807) is 29.3 Å². The summed E-state index contributed by atoms with van der Waals surface area (Å²) in [5.74, 6) is -0.0718. The van der Waals surface area contributed by atoms with Crippen molar-refractivity contribution in [2.24, 2.45) is 11.0 Å². The SMILES string of the molecule is N#Cc1c(N2CC(CN=[N+]=[N-])CC2=O)ccc2ncccc12. The molecule has 3 rings (SSSR count). The third-order valence-corrected chi connectivity index (χ3v) is 3.77. The van der Waals surface area contributed by atoms with E-state index in [1.165, 1.54) is 0 Å². The molecule has 2 heterocycles. The summed E-state index contributed by atoms with van der Waals surface area (Å²) < 4.78 is 0. The molecule has 1 atom stereocenters. The van der Waals surface area contributed by atoms with Gasteiger partial charge in [0.15, 0.2) is 0 Å². The van der Waals surface area contributed by atoms with Crippen LogP contribution in [0.25, 0.3) is 21.3 Å². The van der Waals surface area contributed by atoms with Crippen molar-refractivity contribution in [3.63, 3.8) is 0 Å². The van der Waals surface area contributed by atoms with Crippen molar-refractivity contribution in [2.75, 3.05) is 18.0 Å². The maximum absolute atomic E-state index is 12.2. The number of nitrogens with zero attached hydrogens (tertiary/aromatic N) is 6. The van der Waals surface area contributed by atoms with Crippen LogP contribution in [0.4, 0.5) is 5.69 Å². The molecule has 108 valence electrons. The summed E-state index contributed by atoms with van der Waals surface area (Å²) in [6.45, 7) is 0.744. The summed E-state index contributed by atoms with van der Waals surface area (Å²) in [5, 5.41) is 13.8. The van der Waals surface area contributed by atoms with Crippen molar-refractivity contribution in [2.45, 2.75) is 6.42 Å².